The molecule has 1 atom stereocenters. The first kappa shape index (κ1) is 10.3. The van der Waals surface area contributed by atoms with E-state index in [4.69, 9.17) is 17.3 Å². The zero-order chi connectivity index (χ0) is 9.84. The van der Waals surface area contributed by atoms with Crippen molar-refractivity contribution in [3.05, 3.63) is 23.2 Å². The Hall–Kier alpha value is -0.740. The lowest BCUT2D eigenvalue weighted by Gasteiger charge is -2.06. The van der Waals surface area contributed by atoms with Crippen LogP contribution in [0.25, 0.3) is 0 Å². The van der Waals surface area contributed by atoms with Crippen LogP contribution in [0.3, 0.4) is 0 Å². The first-order valence-corrected chi connectivity index (χ1v) is 5.53. The number of hydrogen-bond acceptors (Lipinski definition) is 2. The second-order valence-electron chi connectivity index (χ2n) is 2.48. The lowest BCUT2D eigenvalue weighted by Crippen LogP contribution is -2.06. The summed E-state index contributed by atoms with van der Waals surface area (Å²) in [6.07, 6.45) is 0. The van der Waals surface area contributed by atoms with Crippen molar-refractivity contribution in [1.82, 2.24) is 0 Å². The van der Waals surface area contributed by atoms with Crippen molar-refractivity contribution in [2.24, 2.45) is 0 Å². The molecule has 0 heterocycles. The van der Waals surface area contributed by atoms with Gasteiger partial charge in [-0.15, -0.1) is 0 Å². The van der Waals surface area contributed by atoms with Gasteiger partial charge in [0.05, 0.1) is 10.7 Å². The van der Waals surface area contributed by atoms with Gasteiger partial charge in [-0.05, 0) is 18.2 Å². The number of anilines is 2. The van der Waals surface area contributed by atoms with Gasteiger partial charge in [0.1, 0.15) is 11.0 Å². The van der Waals surface area contributed by atoms with Crippen molar-refractivity contribution in [2.75, 3.05) is 16.2 Å². The summed E-state index contributed by atoms with van der Waals surface area (Å²) in [5.74, 6) is 0.533. The summed E-state index contributed by atoms with van der Waals surface area (Å²) < 4.78 is 13.9. The first-order valence-electron chi connectivity index (χ1n) is 3.83. The van der Waals surface area contributed by atoms with Gasteiger partial charge < -0.3 is 10.5 Å². The van der Waals surface area contributed by atoms with Gasteiger partial charge in [0.15, 0.2) is 0 Å². The van der Waals surface area contributed by atoms with Crippen LogP contribution in [-0.2, 0) is 11.0 Å². The molecule has 0 spiro atoms. The molecule has 0 saturated heterocycles. The highest BCUT2D eigenvalue weighted by atomic mass is 35.5. The number of nitrogen functional groups attached to an aromatic ring is 1. The number of rotatable bonds is 3. The molecule has 0 aromatic heterocycles. The monoisotopic (exact) mass is 218 g/mol. The number of nitrogens with two attached hydrogens (primary N) is 1. The predicted octanol–water partition coefficient (Wildman–Crippen LogP) is 2.02. The van der Waals surface area contributed by atoms with Crippen molar-refractivity contribution in [3.63, 3.8) is 0 Å². The summed E-state index contributed by atoms with van der Waals surface area (Å²) in [7, 11) is -1.09. The van der Waals surface area contributed by atoms with Crippen molar-refractivity contribution in [2.45, 2.75) is 6.92 Å². The number of nitrogens with one attached hydrogen (secondary N) is 1. The highest BCUT2D eigenvalue weighted by Crippen LogP contribution is 2.24. The molecule has 1 aromatic carbocycles. The minimum atomic E-state index is -1.09. The molecule has 1 unspecified atom stereocenters. The summed E-state index contributed by atoms with van der Waals surface area (Å²) in [5, 5.41) is 0.524. The molecule has 3 nitrogen and oxygen atoms in total. The van der Waals surface area contributed by atoms with Gasteiger partial charge in [-0.2, -0.15) is 0 Å². The third-order valence-electron chi connectivity index (χ3n) is 1.48. The highest BCUT2D eigenvalue weighted by Gasteiger charge is 2.02. The number of hydrogen-bond donors (Lipinski definition) is 2. The summed E-state index contributed by atoms with van der Waals surface area (Å²) in [4.78, 5) is 0. The van der Waals surface area contributed by atoms with Crippen LogP contribution < -0.4 is 10.5 Å². The second-order valence-corrected chi connectivity index (χ2v) is 4.36. The summed E-state index contributed by atoms with van der Waals surface area (Å²) >= 11 is 5.84. The Morgan fingerprint density at radius 3 is 2.92 bits per heavy atom. The molecule has 13 heavy (non-hydrogen) atoms. The van der Waals surface area contributed by atoms with E-state index in [1.807, 2.05) is 6.92 Å². The Kier molecular flexibility index (Phi) is 3.57. The van der Waals surface area contributed by atoms with Gasteiger partial charge in [0.2, 0.25) is 0 Å². The molecule has 3 N–H and O–H groups in total. The quantitative estimate of drug-likeness (QED) is 0.763. The Labute approximate surface area is 84.9 Å². The van der Waals surface area contributed by atoms with Gasteiger partial charge in [-0.3, -0.25) is 0 Å². The average Bonchev–Trinajstić information content (AvgIpc) is 2.11. The maximum atomic E-state index is 11.1. The Morgan fingerprint density at radius 1 is 1.62 bits per heavy atom. The molecule has 0 saturated carbocycles. The van der Waals surface area contributed by atoms with E-state index in [1.165, 1.54) is 0 Å². The fraction of sp³-hybridized carbons (Fsp3) is 0.250. The van der Waals surface area contributed by atoms with Crippen molar-refractivity contribution in [1.29, 1.82) is 0 Å². The highest BCUT2D eigenvalue weighted by molar-refractivity contribution is 7.86. The van der Waals surface area contributed by atoms with E-state index >= 15 is 0 Å². The summed E-state index contributed by atoms with van der Waals surface area (Å²) in [5.41, 5.74) is 6.76. The van der Waals surface area contributed by atoms with Gasteiger partial charge in [0.25, 0.3) is 0 Å². The molecular formula is C8H11ClN2OS. The standard InChI is InChI=1S/C8H11ClN2OS/c1-2-13(12)11-8-5-6(10)3-4-7(8)9/h3-5,11H,2,10H2,1H3. The van der Waals surface area contributed by atoms with Crippen LogP contribution >= 0.6 is 11.6 Å². The fourth-order valence-electron chi connectivity index (χ4n) is 0.816. The molecule has 1 rings (SSSR count). The van der Waals surface area contributed by atoms with Gasteiger partial charge >= 0.3 is 0 Å². The molecule has 0 aliphatic rings. The smallest absolute Gasteiger partial charge is 0.116 e. The molecule has 0 amide bonds. The van der Waals surface area contributed by atoms with E-state index < -0.39 is 11.0 Å². The van der Waals surface area contributed by atoms with E-state index in [0.29, 0.717) is 22.2 Å². The molecular weight excluding hydrogens is 208 g/mol. The SMILES string of the molecule is CCS(=O)Nc1cc(N)ccc1Cl. The summed E-state index contributed by atoms with van der Waals surface area (Å²) in [6, 6.07) is 5.03. The van der Waals surface area contributed by atoms with Crippen LogP contribution in [0.1, 0.15) is 6.92 Å². The lowest BCUT2D eigenvalue weighted by molar-refractivity contribution is 0.687. The molecule has 5 heteroatoms. The second kappa shape index (κ2) is 4.48. The molecule has 0 aliphatic carbocycles. The number of halogens is 1. The fourth-order valence-corrected chi connectivity index (χ4v) is 1.60. The topological polar surface area (TPSA) is 55.1 Å². The van der Waals surface area contributed by atoms with Crippen LogP contribution in [0.2, 0.25) is 5.02 Å². The average molecular weight is 219 g/mol. The number of benzene rings is 1. The normalized spacial score (nSPS) is 12.5. The zero-order valence-electron chi connectivity index (χ0n) is 7.21. The van der Waals surface area contributed by atoms with E-state index in [0.717, 1.165) is 0 Å². The molecule has 0 aliphatic heterocycles. The minimum absolute atomic E-state index is 0.524. The molecule has 1 aromatic rings. The molecule has 72 valence electrons. The van der Waals surface area contributed by atoms with E-state index in [2.05, 4.69) is 4.72 Å². The van der Waals surface area contributed by atoms with Crippen molar-refractivity contribution < 1.29 is 4.21 Å². The maximum Gasteiger partial charge on any atom is 0.116 e. The summed E-state index contributed by atoms with van der Waals surface area (Å²) in [6.45, 7) is 1.82. The largest absolute Gasteiger partial charge is 0.399 e. The van der Waals surface area contributed by atoms with Crippen molar-refractivity contribution >= 4 is 34.0 Å². The minimum Gasteiger partial charge on any atom is -0.399 e. The molecule has 0 radical (unpaired) electrons. The zero-order valence-corrected chi connectivity index (χ0v) is 8.78. The maximum absolute atomic E-state index is 11.1. The van der Waals surface area contributed by atoms with Crippen LogP contribution in [0.15, 0.2) is 18.2 Å². The van der Waals surface area contributed by atoms with E-state index in [1.54, 1.807) is 18.2 Å². The first-order chi connectivity index (χ1) is 6.13. The predicted molar refractivity (Wildman–Crippen MR) is 58.2 cm³/mol. The van der Waals surface area contributed by atoms with E-state index in [-0.39, 0.29) is 0 Å². The van der Waals surface area contributed by atoms with Crippen molar-refractivity contribution in [3.8, 4) is 0 Å². The van der Waals surface area contributed by atoms with Gasteiger partial charge in [-0.1, -0.05) is 18.5 Å². The Morgan fingerprint density at radius 2 is 2.31 bits per heavy atom. The van der Waals surface area contributed by atoms with Crippen LogP contribution in [0, 0.1) is 0 Å². The van der Waals surface area contributed by atoms with Gasteiger partial charge in [-0.25, -0.2) is 4.21 Å². The third-order valence-corrected chi connectivity index (χ3v) is 2.78. The lowest BCUT2D eigenvalue weighted by atomic mass is 10.3. The Balaban J connectivity index is 2.87. The van der Waals surface area contributed by atoms with Gasteiger partial charge in [0, 0.05) is 11.4 Å². The molecule has 0 bridgehead atoms. The van der Waals surface area contributed by atoms with Crippen LogP contribution in [0.4, 0.5) is 11.4 Å². The van der Waals surface area contributed by atoms with Crippen LogP contribution in [0.5, 0.6) is 0 Å². The van der Waals surface area contributed by atoms with Crippen LogP contribution in [-0.4, -0.2) is 9.96 Å². The third kappa shape index (κ3) is 2.90. The Bertz CT molecular complexity index is 330. The molecule has 0 fully saturated rings. The van der Waals surface area contributed by atoms with E-state index in [9.17, 15) is 4.21 Å².